The maximum atomic E-state index is 12.2. The Hall–Kier alpha value is -2.58. The first-order valence-electron chi connectivity index (χ1n) is 10.4. The molecule has 1 saturated heterocycles. The van der Waals surface area contributed by atoms with E-state index in [1.54, 1.807) is 12.1 Å². The topological polar surface area (TPSA) is 87.0 Å². The first kappa shape index (κ1) is 21.6. The molecule has 0 saturated carbocycles. The lowest BCUT2D eigenvalue weighted by molar-refractivity contribution is 0.0755. The van der Waals surface area contributed by atoms with Gasteiger partial charge in [-0.1, -0.05) is 22.8 Å². The predicted molar refractivity (Wildman–Crippen MR) is 123 cm³/mol. The number of halogens is 1. The van der Waals surface area contributed by atoms with Gasteiger partial charge in [-0.2, -0.15) is 0 Å². The second-order valence-electron chi connectivity index (χ2n) is 7.47. The monoisotopic (exact) mass is 460 g/mol. The number of oxime groups is 1. The van der Waals surface area contributed by atoms with Gasteiger partial charge in [-0.05, 0) is 44.0 Å². The number of nitrogens with one attached hydrogen (secondary N) is 2. The molecular formula is C22H25ClN4O3S. The van der Waals surface area contributed by atoms with Crippen molar-refractivity contribution in [2.75, 3.05) is 26.2 Å². The first-order valence-corrected chi connectivity index (χ1v) is 11.6. The van der Waals surface area contributed by atoms with Crippen molar-refractivity contribution in [3.8, 4) is 5.75 Å². The molecule has 164 valence electrons. The standard InChI is InChI=1S/C22H25ClN4O3S/c1-2-29-18-11-14(21(24)27-9-3-4-10-27)5-6-16(18)17-12-15(30-26-17)13-25-22(28)19-7-8-20(23)31-19/h5-8,11,15,24H,2-4,9-10,12-13H2,1H3,(H,25,28). The van der Waals surface area contributed by atoms with Crippen LogP contribution in [0.3, 0.4) is 0 Å². The molecule has 1 atom stereocenters. The van der Waals surface area contributed by atoms with Gasteiger partial charge in [0.1, 0.15) is 17.7 Å². The van der Waals surface area contributed by atoms with E-state index in [1.165, 1.54) is 11.3 Å². The average Bonchev–Trinajstić information content (AvgIpc) is 3.53. The van der Waals surface area contributed by atoms with Crippen molar-refractivity contribution >= 4 is 40.4 Å². The third kappa shape index (κ3) is 5.02. The van der Waals surface area contributed by atoms with Crippen molar-refractivity contribution in [3.63, 3.8) is 0 Å². The molecule has 2 aliphatic rings. The summed E-state index contributed by atoms with van der Waals surface area (Å²) in [5.74, 6) is 1.06. The fourth-order valence-electron chi connectivity index (χ4n) is 3.73. The van der Waals surface area contributed by atoms with E-state index in [0.29, 0.717) is 40.4 Å². The van der Waals surface area contributed by atoms with Crippen molar-refractivity contribution in [3.05, 3.63) is 50.7 Å². The van der Waals surface area contributed by atoms with Gasteiger partial charge in [-0.3, -0.25) is 10.2 Å². The molecule has 7 nitrogen and oxygen atoms in total. The number of amidine groups is 1. The lowest BCUT2D eigenvalue weighted by Crippen LogP contribution is -2.31. The fourth-order valence-corrected chi connectivity index (χ4v) is 4.69. The van der Waals surface area contributed by atoms with Crippen LogP contribution < -0.4 is 10.1 Å². The largest absolute Gasteiger partial charge is 0.493 e. The molecule has 0 spiro atoms. The third-order valence-electron chi connectivity index (χ3n) is 5.31. The van der Waals surface area contributed by atoms with Crippen LogP contribution in [0, 0.1) is 5.41 Å². The summed E-state index contributed by atoms with van der Waals surface area (Å²) in [6, 6.07) is 9.21. The third-order valence-corrected chi connectivity index (χ3v) is 6.54. The summed E-state index contributed by atoms with van der Waals surface area (Å²) in [6.45, 7) is 4.66. The van der Waals surface area contributed by atoms with Gasteiger partial charge in [-0.25, -0.2) is 0 Å². The van der Waals surface area contributed by atoms with E-state index in [2.05, 4.69) is 15.4 Å². The van der Waals surface area contributed by atoms with Crippen molar-refractivity contribution in [2.45, 2.75) is 32.3 Å². The number of amides is 1. The zero-order valence-corrected chi connectivity index (χ0v) is 18.9. The van der Waals surface area contributed by atoms with E-state index < -0.39 is 0 Å². The Morgan fingerprint density at radius 1 is 1.35 bits per heavy atom. The minimum atomic E-state index is -0.244. The van der Waals surface area contributed by atoms with Crippen LogP contribution in [0.4, 0.5) is 0 Å². The van der Waals surface area contributed by atoms with Crippen LogP contribution in [-0.4, -0.2) is 54.7 Å². The zero-order chi connectivity index (χ0) is 21.8. The summed E-state index contributed by atoms with van der Waals surface area (Å²) in [5.41, 5.74) is 2.48. The molecule has 1 aromatic carbocycles. The number of benzene rings is 1. The van der Waals surface area contributed by atoms with Gasteiger partial charge in [0.15, 0.2) is 0 Å². The Morgan fingerprint density at radius 3 is 2.87 bits per heavy atom. The predicted octanol–water partition coefficient (Wildman–Crippen LogP) is 4.14. The van der Waals surface area contributed by atoms with Crippen molar-refractivity contribution < 1.29 is 14.4 Å². The molecule has 0 aliphatic carbocycles. The van der Waals surface area contributed by atoms with Gasteiger partial charge in [0.2, 0.25) is 0 Å². The summed E-state index contributed by atoms with van der Waals surface area (Å²) in [5, 5.41) is 15.6. The summed E-state index contributed by atoms with van der Waals surface area (Å²) in [4.78, 5) is 20.4. The molecule has 1 fully saturated rings. The van der Waals surface area contributed by atoms with Crippen molar-refractivity contribution in [1.29, 1.82) is 5.41 Å². The SMILES string of the molecule is CCOc1cc(C(=N)N2CCCC2)ccc1C1=NOC(CNC(=O)c2ccc(Cl)s2)C1. The quantitative estimate of drug-likeness (QED) is 0.480. The smallest absolute Gasteiger partial charge is 0.261 e. The van der Waals surface area contributed by atoms with E-state index >= 15 is 0 Å². The van der Waals surface area contributed by atoms with Crippen LogP contribution in [0.1, 0.15) is 47.0 Å². The van der Waals surface area contributed by atoms with Gasteiger partial charge in [0.05, 0.1) is 28.1 Å². The van der Waals surface area contributed by atoms with Crippen molar-refractivity contribution in [2.24, 2.45) is 5.16 Å². The zero-order valence-electron chi connectivity index (χ0n) is 17.3. The normalized spacial score (nSPS) is 17.9. The summed E-state index contributed by atoms with van der Waals surface area (Å²) >= 11 is 7.14. The molecule has 2 N–H and O–H groups in total. The lowest BCUT2D eigenvalue weighted by Gasteiger charge is -2.20. The van der Waals surface area contributed by atoms with Crippen LogP contribution in [-0.2, 0) is 4.84 Å². The minimum absolute atomic E-state index is 0.172. The minimum Gasteiger partial charge on any atom is -0.493 e. The molecule has 31 heavy (non-hydrogen) atoms. The molecule has 9 heteroatoms. The molecule has 1 unspecified atom stereocenters. The summed E-state index contributed by atoms with van der Waals surface area (Å²) in [7, 11) is 0. The Morgan fingerprint density at radius 2 is 2.16 bits per heavy atom. The number of ether oxygens (including phenoxy) is 1. The van der Waals surface area contributed by atoms with Gasteiger partial charge in [0, 0.05) is 30.6 Å². The Labute approximate surface area is 190 Å². The summed E-state index contributed by atoms with van der Waals surface area (Å²) in [6.07, 6.45) is 2.58. The maximum absolute atomic E-state index is 12.2. The number of thiophene rings is 1. The van der Waals surface area contributed by atoms with E-state index in [4.69, 9.17) is 26.6 Å². The number of likely N-dealkylation sites (tertiary alicyclic amines) is 1. The second-order valence-corrected chi connectivity index (χ2v) is 9.19. The number of carbonyl (C=O) groups is 1. The highest BCUT2D eigenvalue weighted by Gasteiger charge is 2.26. The first-order chi connectivity index (χ1) is 15.0. The number of rotatable bonds is 7. The van der Waals surface area contributed by atoms with E-state index in [1.807, 2.05) is 25.1 Å². The molecule has 1 amide bonds. The number of hydrogen-bond donors (Lipinski definition) is 2. The fraction of sp³-hybridized carbons (Fsp3) is 0.409. The number of carbonyl (C=O) groups excluding carboxylic acids is 1. The molecule has 4 rings (SSSR count). The van der Waals surface area contributed by atoms with Crippen LogP contribution in [0.2, 0.25) is 4.34 Å². The number of hydrogen-bond acceptors (Lipinski definition) is 6. The summed E-state index contributed by atoms with van der Waals surface area (Å²) < 4.78 is 6.45. The molecule has 3 heterocycles. The average molecular weight is 461 g/mol. The lowest BCUT2D eigenvalue weighted by atomic mass is 10.0. The van der Waals surface area contributed by atoms with Gasteiger partial charge < -0.3 is 19.8 Å². The Balaban J connectivity index is 1.40. The molecule has 1 aromatic heterocycles. The van der Waals surface area contributed by atoms with Gasteiger partial charge in [-0.15, -0.1) is 11.3 Å². The second kappa shape index (κ2) is 9.70. The van der Waals surface area contributed by atoms with Crippen LogP contribution in [0.15, 0.2) is 35.5 Å². The van der Waals surface area contributed by atoms with Crippen molar-refractivity contribution in [1.82, 2.24) is 10.2 Å². The van der Waals surface area contributed by atoms with Crippen LogP contribution in [0.5, 0.6) is 5.75 Å². The molecule has 0 bridgehead atoms. The Bertz CT molecular complexity index is 1000. The van der Waals surface area contributed by atoms with E-state index in [-0.39, 0.29) is 12.0 Å². The van der Waals surface area contributed by atoms with Gasteiger partial charge in [0.25, 0.3) is 5.91 Å². The number of nitrogens with zero attached hydrogens (tertiary/aromatic N) is 2. The highest BCUT2D eigenvalue weighted by atomic mass is 35.5. The highest BCUT2D eigenvalue weighted by Crippen LogP contribution is 2.28. The van der Waals surface area contributed by atoms with Crippen LogP contribution >= 0.6 is 22.9 Å². The maximum Gasteiger partial charge on any atom is 0.261 e. The molecule has 2 aliphatic heterocycles. The highest BCUT2D eigenvalue weighted by molar-refractivity contribution is 7.18. The molecular weight excluding hydrogens is 436 g/mol. The van der Waals surface area contributed by atoms with E-state index in [0.717, 1.165) is 42.8 Å². The Kier molecular flexibility index (Phi) is 6.77. The molecule has 0 radical (unpaired) electrons. The van der Waals surface area contributed by atoms with E-state index in [9.17, 15) is 4.79 Å². The van der Waals surface area contributed by atoms with Gasteiger partial charge >= 0.3 is 0 Å². The van der Waals surface area contributed by atoms with Crippen LogP contribution in [0.25, 0.3) is 0 Å². The molecule has 2 aromatic rings.